The standard InChI is InChI=1S/C15H19N3/c1-4-13-6-8-17-11-14(13)15(5-1)18-10-12-3-2-7-16-9-12/h1,4-6,8,11-12,16,18H,2-3,7,9-10H2. The Bertz CT molecular complexity index is 513. The molecule has 3 rings (SSSR count). The van der Waals surface area contributed by atoms with Crippen molar-refractivity contribution in [3.63, 3.8) is 0 Å². The quantitative estimate of drug-likeness (QED) is 0.867. The fraction of sp³-hybridized carbons (Fsp3) is 0.400. The van der Waals surface area contributed by atoms with E-state index in [-0.39, 0.29) is 0 Å². The molecule has 1 aromatic heterocycles. The van der Waals surface area contributed by atoms with Gasteiger partial charge in [-0.2, -0.15) is 0 Å². The fourth-order valence-electron chi connectivity index (χ4n) is 2.62. The Hall–Kier alpha value is -1.61. The summed E-state index contributed by atoms with van der Waals surface area (Å²) in [5.74, 6) is 0.741. The van der Waals surface area contributed by atoms with Crippen LogP contribution in [-0.4, -0.2) is 24.6 Å². The summed E-state index contributed by atoms with van der Waals surface area (Å²) >= 11 is 0. The van der Waals surface area contributed by atoms with E-state index in [1.165, 1.54) is 35.8 Å². The third kappa shape index (κ3) is 2.46. The minimum absolute atomic E-state index is 0.741. The monoisotopic (exact) mass is 241 g/mol. The number of pyridine rings is 1. The van der Waals surface area contributed by atoms with E-state index in [9.17, 15) is 0 Å². The van der Waals surface area contributed by atoms with Gasteiger partial charge in [-0.05, 0) is 49.4 Å². The number of hydrogen-bond donors (Lipinski definition) is 2. The van der Waals surface area contributed by atoms with Crippen LogP contribution >= 0.6 is 0 Å². The van der Waals surface area contributed by atoms with Gasteiger partial charge in [-0.1, -0.05) is 12.1 Å². The van der Waals surface area contributed by atoms with E-state index < -0.39 is 0 Å². The number of anilines is 1. The number of nitrogens with one attached hydrogen (secondary N) is 2. The van der Waals surface area contributed by atoms with Crippen LogP contribution in [0.15, 0.2) is 36.7 Å². The van der Waals surface area contributed by atoms with Crippen molar-refractivity contribution in [1.29, 1.82) is 0 Å². The van der Waals surface area contributed by atoms with Crippen LogP contribution < -0.4 is 10.6 Å². The van der Waals surface area contributed by atoms with E-state index in [1.54, 1.807) is 0 Å². The lowest BCUT2D eigenvalue weighted by molar-refractivity contribution is 0.393. The smallest absolute Gasteiger partial charge is 0.0435 e. The molecule has 94 valence electrons. The van der Waals surface area contributed by atoms with Crippen molar-refractivity contribution >= 4 is 16.5 Å². The first-order valence-electron chi connectivity index (χ1n) is 6.71. The second kappa shape index (κ2) is 5.36. The van der Waals surface area contributed by atoms with Crippen LogP contribution in [0.2, 0.25) is 0 Å². The largest absolute Gasteiger partial charge is 0.384 e. The highest BCUT2D eigenvalue weighted by molar-refractivity contribution is 5.93. The lowest BCUT2D eigenvalue weighted by atomic mass is 9.99. The van der Waals surface area contributed by atoms with Gasteiger partial charge in [0.25, 0.3) is 0 Å². The average Bonchev–Trinajstić information content (AvgIpc) is 2.46. The van der Waals surface area contributed by atoms with Gasteiger partial charge in [-0.3, -0.25) is 4.98 Å². The Balaban J connectivity index is 1.74. The Kier molecular flexibility index (Phi) is 3.42. The highest BCUT2D eigenvalue weighted by Gasteiger charge is 2.12. The number of aromatic nitrogens is 1. The summed E-state index contributed by atoms with van der Waals surface area (Å²) in [6.07, 6.45) is 6.40. The van der Waals surface area contributed by atoms with Crippen molar-refractivity contribution in [2.75, 3.05) is 25.0 Å². The Morgan fingerprint density at radius 3 is 3.22 bits per heavy atom. The van der Waals surface area contributed by atoms with E-state index in [4.69, 9.17) is 0 Å². The maximum atomic E-state index is 4.22. The predicted octanol–water partition coefficient (Wildman–Crippen LogP) is 2.65. The van der Waals surface area contributed by atoms with Gasteiger partial charge in [0.1, 0.15) is 0 Å². The highest BCUT2D eigenvalue weighted by Crippen LogP contribution is 2.22. The van der Waals surface area contributed by atoms with Gasteiger partial charge in [0.2, 0.25) is 0 Å². The summed E-state index contributed by atoms with van der Waals surface area (Å²) in [5, 5.41) is 9.49. The van der Waals surface area contributed by atoms with Crippen LogP contribution in [0.25, 0.3) is 10.8 Å². The Morgan fingerprint density at radius 1 is 1.33 bits per heavy atom. The molecule has 1 fully saturated rings. The van der Waals surface area contributed by atoms with Crippen LogP contribution in [0, 0.1) is 5.92 Å². The van der Waals surface area contributed by atoms with E-state index in [0.717, 1.165) is 19.0 Å². The van der Waals surface area contributed by atoms with Crippen LogP contribution in [0.3, 0.4) is 0 Å². The van der Waals surface area contributed by atoms with Gasteiger partial charge in [0.15, 0.2) is 0 Å². The maximum Gasteiger partial charge on any atom is 0.0435 e. The molecule has 0 amide bonds. The molecule has 0 radical (unpaired) electrons. The molecule has 1 aliphatic heterocycles. The van der Waals surface area contributed by atoms with Crippen molar-refractivity contribution in [1.82, 2.24) is 10.3 Å². The van der Waals surface area contributed by atoms with Gasteiger partial charge in [0.05, 0.1) is 0 Å². The lowest BCUT2D eigenvalue weighted by Crippen LogP contribution is -2.33. The first-order chi connectivity index (χ1) is 8.93. The predicted molar refractivity (Wildman–Crippen MR) is 75.8 cm³/mol. The zero-order valence-corrected chi connectivity index (χ0v) is 10.5. The summed E-state index contributed by atoms with van der Waals surface area (Å²) in [4.78, 5) is 4.22. The summed E-state index contributed by atoms with van der Waals surface area (Å²) in [6, 6.07) is 8.43. The first-order valence-corrected chi connectivity index (χ1v) is 6.71. The second-order valence-corrected chi connectivity index (χ2v) is 5.00. The summed E-state index contributed by atoms with van der Waals surface area (Å²) in [6.45, 7) is 3.35. The van der Waals surface area contributed by atoms with Gasteiger partial charge in [0, 0.05) is 30.0 Å². The molecule has 18 heavy (non-hydrogen) atoms. The van der Waals surface area contributed by atoms with E-state index >= 15 is 0 Å². The fourth-order valence-corrected chi connectivity index (χ4v) is 2.62. The molecule has 2 aromatic rings. The SMILES string of the molecule is c1cc(NCC2CCCNC2)c2cnccc2c1. The molecule has 1 saturated heterocycles. The number of nitrogens with zero attached hydrogens (tertiary/aromatic N) is 1. The van der Waals surface area contributed by atoms with Crippen molar-refractivity contribution in [3.05, 3.63) is 36.7 Å². The van der Waals surface area contributed by atoms with E-state index in [2.05, 4.69) is 39.9 Å². The molecule has 0 spiro atoms. The molecule has 3 nitrogen and oxygen atoms in total. The molecule has 2 N–H and O–H groups in total. The Labute approximate surface area is 108 Å². The molecule has 0 saturated carbocycles. The zero-order valence-electron chi connectivity index (χ0n) is 10.5. The van der Waals surface area contributed by atoms with Gasteiger partial charge >= 0.3 is 0 Å². The summed E-state index contributed by atoms with van der Waals surface area (Å²) in [7, 11) is 0. The van der Waals surface area contributed by atoms with E-state index in [0.29, 0.717) is 0 Å². The zero-order chi connectivity index (χ0) is 12.2. The van der Waals surface area contributed by atoms with Crippen LogP contribution in [0.5, 0.6) is 0 Å². The molecule has 3 heteroatoms. The van der Waals surface area contributed by atoms with Crippen molar-refractivity contribution in [2.24, 2.45) is 5.92 Å². The molecular formula is C15H19N3. The number of piperidine rings is 1. The molecule has 1 aromatic carbocycles. The summed E-state index contributed by atoms with van der Waals surface area (Å²) < 4.78 is 0. The first kappa shape index (κ1) is 11.5. The molecule has 0 bridgehead atoms. The van der Waals surface area contributed by atoms with Crippen molar-refractivity contribution < 1.29 is 0 Å². The van der Waals surface area contributed by atoms with E-state index in [1.807, 2.05) is 12.4 Å². The number of fused-ring (bicyclic) bond motifs is 1. The van der Waals surface area contributed by atoms with Gasteiger partial charge < -0.3 is 10.6 Å². The van der Waals surface area contributed by atoms with Gasteiger partial charge in [-0.25, -0.2) is 0 Å². The number of benzene rings is 1. The minimum Gasteiger partial charge on any atom is -0.384 e. The van der Waals surface area contributed by atoms with Crippen LogP contribution in [-0.2, 0) is 0 Å². The third-order valence-corrected chi connectivity index (χ3v) is 3.66. The number of hydrogen-bond acceptors (Lipinski definition) is 3. The highest BCUT2D eigenvalue weighted by atomic mass is 14.9. The van der Waals surface area contributed by atoms with Crippen LogP contribution in [0.1, 0.15) is 12.8 Å². The third-order valence-electron chi connectivity index (χ3n) is 3.66. The van der Waals surface area contributed by atoms with Crippen molar-refractivity contribution in [2.45, 2.75) is 12.8 Å². The molecule has 2 heterocycles. The molecule has 1 aliphatic rings. The van der Waals surface area contributed by atoms with Crippen LogP contribution in [0.4, 0.5) is 5.69 Å². The normalized spacial score (nSPS) is 19.9. The average molecular weight is 241 g/mol. The topological polar surface area (TPSA) is 37.0 Å². The lowest BCUT2D eigenvalue weighted by Gasteiger charge is -2.23. The maximum absolute atomic E-state index is 4.22. The molecule has 1 unspecified atom stereocenters. The summed E-state index contributed by atoms with van der Waals surface area (Å²) in [5.41, 5.74) is 1.20. The minimum atomic E-state index is 0.741. The number of rotatable bonds is 3. The second-order valence-electron chi connectivity index (χ2n) is 5.00. The Morgan fingerprint density at radius 2 is 2.33 bits per heavy atom. The van der Waals surface area contributed by atoms with Gasteiger partial charge in [-0.15, -0.1) is 0 Å². The van der Waals surface area contributed by atoms with Crippen molar-refractivity contribution in [3.8, 4) is 0 Å². The molecular weight excluding hydrogens is 222 g/mol. The molecule has 0 aliphatic carbocycles. The molecule has 1 atom stereocenters.